The first-order valence-corrected chi connectivity index (χ1v) is 3.84. The van der Waals surface area contributed by atoms with Crippen molar-refractivity contribution in [3.05, 3.63) is 11.8 Å². The molecule has 11 heavy (non-hydrogen) atoms. The second-order valence-electron chi connectivity index (χ2n) is 2.76. The highest BCUT2D eigenvalue weighted by Gasteiger charge is 1.94. The lowest BCUT2D eigenvalue weighted by Crippen LogP contribution is -1.89. The van der Waals surface area contributed by atoms with Crippen molar-refractivity contribution in [2.45, 2.75) is 33.1 Å². The Balaban J connectivity index is 3.38. The fraction of sp³-hybridized carbons (Fsp3) is 0.667. The van der Waals surface area contributed by atoms with Crippen LogP contribution in [-0.2, 0) is 9.53 Å². The van der Waals surface area contributed by atoms with Gasteiger partial charge in [-0.25, -0.2) is 0 Å². The van der Waals surface area contributed by atoms with E-state index < -0.39 is 0 Å². The van der Waals surface area contributed by atoms with E-state index in [9.17, 15) is 4.79 Å². The van der Waals surface area contributed by atoms with Gasteiger partial charge in [-0.1, -0.05) is 0 Å². The summed E-state index contributed by atoms with van der Waals surface area (Å²) in [6, 6.07) is 0. The summed E-state index contributed by atoms with van der Waals surface area (Å²) in [5.74, 6) is 0.259. The van der Waals surface area contributed by atoms with E-state index in [0.717, 1.165) is 12.8 Å². The highest BCUT2D eigenvalue weighted by atomic mass is 16.5. The molecule has 0 spiro atoms. The normalized spacial score (nSPS) is 11.4. The third-order valence-electron chi connectivity index (χ3n) is 1.42. The van der Waals surface area contributed by atoms with Gasteiger partial charge in [0.1, 0.15) is 5.78 Å². The van der Waals surface area contributed by atoms with Crippen molar-refractivity contribution in [2.24, 2.45) is 0 Å². The molecule has 0 saturated carbocycles. The third-order valence-corrected chi connectivity index (χ3v) is 1.42. The molecule has 0 rings (SSSR count). The molecule has 0 amide bonds. The predicted molar refractivity (Wildman–Crippen MR) is 45.3 cm³/mol. The van der Waals surface area contributed by atoms with Gasteiger partial charge in [-0.2, -0.15) is 0 Å². The first-order chi connectivity index (χ1) is 5.16. The van der Waals surface area contributed by atoms with Crippen LogP contribution >= 0.6 is 0 Å². The number of rotatable bonds is 5. The molecule has 0 aromatic rings. The first kappa shape index (κ1) is 10.2. The van der Waals surface area contributed by atoms with Gasteiger partial charge in [0.2, 0.25) is 0 Å². The fourth-order valence-corrected chi connectivity index (χ4v) is 0.876. The van der Waals surface area contributed by atoms with E-state index in [0.29, 0.717) is 6.42 Å². The maximum absolute atomic E-state index is 10.5. The number of hydrogen-bond acceptors (Lipinski definition) is 2. The minimum absolute atomic E-state index is 0.259. The molecule has 0 heterocycles. The largest absolute Gasteiger partial charge is 0.504 e. The lowest BCUT2D eigenvalue weighted by molar-refractivity contribution is -0.117. The van der Waals surface area contributed by atoms with Gasteiger partial charge in [0, 0.05) is 6.42 Å². The van der Waals surface area contributed by atoms with Gasteiger partial charge in [0.05, 0.1) is 13.4 Å². The quantitative estimate of drug-likeness (QED) is 0.571. The van der Waals surface area contributed by atoms with E-state index in [4.69, 9.17) is 4.74 Å². The zero-order valence-corrected chi connectivity index (χ0v) is 7.52. The Hall–Kier alpha value is -0.790. The van der Waals surface area contributed by atoms with Crippen LogP contribution < -0.4 is 0 Å². The summed E-state index contributed by atoms with van der Waals surface area (Å²) >= 11 is 0. The van der Waals surface area contributed by atoms with E-state index >= 15 is 0 Å². The zero-order chi connectivity index (χ0) is 8.69. The maximum atomic E-state index is 10.5. The van der Waals surface area contributed by atoms with Crippen LogP contribution in [0.4, 0.5) is 0 Å². The minimum Gasteiger partial charge on any atom is -0.504 e. The van der Waals surface area contributed by atoms with Crippen molar-refractivity contribution in [3.8, 4) is 0 Å². The van der Waals surface area contributed by atoms with Crippen LogP contribution in [0.25, 0.3) is 0 Å². The molecule has 0 fully saturated rings. The van der Waals surface area contributed by atoms with Gasteiger partial charge in [-0.15, -0.1) is 0 Å². The predicted octanol–water partition coefficient (Wildman–Crippen LogP) is 2.30. The van der Waals surface area contributed by atoms with Gasteiger partial charge in [-0.05, 0) is 32.3 Å². The Morgan fingerprint density at radius 2 is 2.00 bits per heavy atom. The second-order valence-corrected chi connectivity index (χ2v) is 2.76. The SMILES string of the molecule is CO/C=C(/C)CCCC(C)=O. The van der Waals surface area contributed by atoms with E-state index in [1.165, 1.54) is 5.57 Å². The number of allylic oxidation sites excluding steroid dienone is 1. The van der Waals surface area contributed by atoms with Gasteiger partial charge < -0.3 is 9.53 Å². The highest BCUT2D eigenvalue weighted by Crippen LogP contribution is 2.06. The van der Waals surface area contributed by atoms with E-state index in [1.807, 2.05) is 6.92 Å². The molecule has 0 aromatic carbocycles. The zero-order valence-electron chi connectivity index (χ0n) is 7.52. The number of ether oxygens (including phenoxy) is 1. The average molecular weight is 156 g/mol. The minimum atomic E-state index is 0.259. The third kappa shape index (κ3) is 7.10. The molecule has 0 aliphatic carbocycles. The monoisotopic (exact) mass is 156 g/mol. The average Bonchev–Trinajstić information content (AvgIpc) is 1.87. The van der Waals surface area contributed by atoms with Crippen molar-refractivity contribution in [3.63, 3.8) is 0 Å². The van der Waals surface area contributed by atoms with Crippen LogP contribution in [0.1, 0.15) is 33.1 Å². The Morgan fingerprint density at radius 3 is 2.45 bits per heavy atom. The number of methoxy groups -OCH3 is 1. The number of Topliss-reactive ketones (excluding diaryl/α,β-unsaturated/α-hetero) is 1. The van der Waals surface area contributed by atoms with Crippen LogP contribution in [0, 0.1) is 0 Å². The summed E-state index contributed by atoms with van der Waals surface area (Å²) in [4.78, 5) is 10.5. The topological polar surface area (TPSA) is 26.3 Å². The Kier molecular flexibility index (Phi) is 5.53. The number of ketones is 1. The summed E-state index contributed by atoms with van der Waals surface area (Å²) in [6.45, 7) is 3.62. The molecule has 0 bridgehead atoms. The maximum Gasteiger partial charge on any atom is 0.129 e. The molecule has 0 radical (unpaired) electrons. The second kappa shape index (κ2) is 5.96. The summed E-state index contributed by atoms with van der Waals surface area (Å²) < 4.78 is 4.81. The Morgan fingerprint density at radius 1 is 1.36 bits per heavy atom. The summed E-state index contributed by atoms with van der Waals surface area (Å²) in [5, 5.41) is 0. The smallest absolute Gasteiger partial charge is 0.129 e. The summed E-state index contributed by atoms with van der Waals surface area (Å²) in [6.07, 6.45) is 4.28. The van der Waals surface area contributed by atoms with Gasteiger partial charge in [-0.3, -0.25) is 0 Å². The van der Waals surface area contributed by atoms with Crippen LogP contribution in [-0.4, -0.2) is 12.9 Å². The molecule has 0 saturated heterocycles. The number of hydrogen-bond donors (Lipinski definition) is 0. The molecule has 0 aliphatic heterocycles. The Labute approximate surface area is 68.2 Å². The molecular formula is C9H16O2. The summed E-state index contributed by atoms with van der Waals surface area (Å²) in [7, 11) is 1.63. The standard InChI is InChI=1S/C9H16O2/c1-8(7-11-3)5-4-6-9(2)10/h7H,4-6H2,1-3H3/b8-7-. The van der Waals surface area contributed by atoms with E-state index in [-0.39, 0.29) is 5.78 Å². The van der Waals surface area contributed by atoms with E-state index in [1.54, 1.807) is 20.3 Å². The molecule has 64 valence electrons. The van der Waals surface area contributed by atoms with Crippen molar-refractivity contribution < 1.29 is 9.53 Å². The van der Waals surface area contributed by atoms with Crippen molar-refractivity contribution >= 4 is 5.78 Å². The van der Waals surface area contributed by atoms with Crippen molar-refractivity contribution in [1.29, 1.82) is 0 Å². The molecule has 2 nitrogen and oxygen atoms in total. The molecule has 0 aliphatic rings. The molecule has 0 N–H and O–H groups in total. The molecule has 2 heteroatoms. The highest BCUT2D eigenvalue weighted by molar-refractivity contribution is 5.75. The Bertz CT molecular complexity index is 148. The van der Waals surface area contributed by atoms with E-state index in [2.05, 4.69) is 0 Å². The van der Waals surface area contributed by atoms with Crippen LogP contribution in [0.15, 0.2) is 11.8 Å². The van der Waals surface area contributed by atoms with Crippen molar-refractivity contribution in [1.82, 2.24) is 0 Å². The molecular weight excluding hydrogens is 140 g/mol. The van der Waals surface area contributed by atoms with Crippen LogP contribution in [0.2, 0.25) is 0 Å². The molecule has 0 atom stereocenters. The van der Waals surface area contributed by atoms with Gasteiger partial charge >= 0.3 is 0 Å². The first-order valence-electron chi connectivity index (χ1n) is 3.84. The van der Waals surface area contributed by atoms with Gasteiger partial charge in [0.15, 0.2) is 0 Å². The number of carbonyl (C=O) groups excluding carboxylic acids is 1. The number of carbonyl (C=O) groups is 1. The molecule has 0 aromatic heterocycles. The fourth-order valence-electron chi connectivity index (χ4n) is 0.876. The lowest BCUT2D eigenvalue weighted by Gasteiger charge is -1.98. The van der Waals surface area contributed by atoms with Crippen LogP contribution in [0.5, 0.6) is 0 Å². The van der Waals surface area contributed by atoms with Crippen LogP contribution in [0.3, 0.4) is 0 Å². The lowest BCUT2D eigenvalue weighted by atomic mass is 10.1. The van der Waals surface area contributed by atoms with Gasteiger partial charge in [0.25, 0.3) is 0 Å². The van der Waals surface area contributed by atoms with Crippen molar-refractivity contribution in [2.75, 3.05) is 7.11 Å². The summed E-state index contributed by atoms with van der Waals surface area (Å²) in [5.41, 5.74) is 1.19. The molecule has 0 unspecified atom stereocenters.